The second-order valence-corrected chi connectivity index (χ2v) is 4.65. The van der Waals surface area contributed by atoms with Gasteiger partial charge in [0.05, 0.1) is 26.9 Å². The molecule has 0 spiro atoms. The number of benzene rings is 2. The van der Waals surface area contributed by atoms with E-state index in [-0.39, 0.29) is 5.91 Å². The predicted octanol–water partition coefficient (Wildman–Crippen LogP) is 3.27. The van der Waals surface area contributed by atoms with Gasteiger partial charge in [0.1, 0.15) is 0 Å². The maximum Gasteiger partial charge on any atom is 0.259 e. The van der Waals surface area contributed by atoms with E-state index in [0.29, 0.717) is 22.8 Å². The van der Waals surface area contributed by atoms with Crippen molar-refractivity contribution in [2.45, 2.75) is 6.92 Å². The number of hydrogen-bond donors (Lipinski definition) is 1. The lowest BCUT2D eigenvalue weighted by molar-refractivity contribution is 0.102. The van der Waals surface area contributed by atoms with Gasteiger partial charge in [-0.25, -0.2) is 0 Å². The van der Waals surface area contributed by atoms with Gasteiger partial charge in [0.25, 0.3) is 5.91 Å². The number of aryl methyl sites for hydroxylation is 1. The molecule has 22 heavy (non-hydrogen) atoms. The number of para-hydroxylation sites is 1. The Morgan fingerprint density at radius 3 is 2.18 bits per heavy atom. The Kier molecular flexibility index (Phi) is 4.88. The van der Waals surface area contributed by atoms with E-state index < -0.39 is 0 Å². The molecule has 1 N–H and O–H groups in total. The van der Waals surface area contributed by atoms with Crippen molar-refractivity contribution in [2.24, 2.45) is 0 Å². The molecule has 2 rings (SSSR count). The Balaban J connectivity index is 2.40. The molecule has 2 aromatic carbocycles. The summed E-state index contributed by atoms with van der Waals surface area (Å²) in [6.07, 6.45) is 0. The highest BCUT2D eigenvalue weighted by Crippen LogP contribution is 2.39. The fourth-order valence-electron chi connectivity index (χ4n) is 2.18. The first-order chi connectivity index (χ1) is 10.6. The molecule has 1 amide bonds. The van der Waals surface area contributed by atoms with E-state index in [9.17, 15) is 4.79 Å². The zero-order valence-electron chi connectivity index (χ0n) is 13.1. The van der Waals surface area contributed by atoms with Crippen LogP contribution in [0.25, 0.3) is 0 Å². The van der Waals surface area contributed by atoms with Gasteiger partial charge in [0.15, 0.2) is 11.5 Å². The minimum atomic E-state index is -0.271. The molecule has 2 aromatic rings. The van der Waals surface area contributed by atoms with Crippen LogP contribution < -0.4 is 19.5 Å². The highest BCUT2D eigenvalue weighted by atomic mass is 16.5. The normalized spacial score (nSPS) is 10.0. The Morgan fingerprint density at radius 1 is 0.909 bits per heavy atom. The van der Waals surface area contributed by atoms with Crippen LogP contribution in [-0.4, -0.2) is 27.2 Å². The number of ether oxygens (including phenoxy) is 3. The highest BCUT2D eigenvalue weighted by molar-refractivity contribution is 6.07. The van der Waals surface area contributed by atoms with Crippen LogP contribution in [0.15, 0.2) is 36.4 Å². The third-order valence-corrected chi connectivity index (χ3v) is 3.34. The summed E-state index contributed by atoms with van der Waals surface area (Å²) in [5, 5.41) is 2.87. The molecule has 5 nitrogen and oxygen atoms in total. The lowest BCUT2D eigenvalue weighted by Crippen LogP contribution is -2.14. The fraction of sp³-hybridized carbons (Fsp3) is 0.235. The molecule has 0 aliphatic rings. The maximum absolute atomic E-state index is 12.5. The number of hydrogen-bond acceptors (Lipinski definition) is 4. The second kappa shape index (κ2) is 6.85. The minimum Gasteiger partial charge on any atom is -0.493 e. The van der Waals surface area contributed by atoms with Crippen molar-refractivity contribution in [3.8, 4) is 17.2 Å². The number of carbonyl (C=O) groups excluding carboxylic acids is 1. The topological polar surface area (TPSA) is 56.8 Å². The molecule has 0 unspecified atom stereocenters. The fourth-order valence-corrected chi connectivity index (χ4v) is 2.18. The number of anilines is 1. The summed E-state index contributed by atoms with van der Waals surface area (Å²) in [5.41, 5.74) is 2.11. The van der Waals surface area contributed by atoms with Gasteiger partial charge in [-0.2, -0.15) is 0 Å². The van der Waals surface area contributed by atoms with Crippen LogP contribution in [0, 0.1) is 6.92 Å². The number of methoxy groups -OCH3 is 3. The van der Waals surface area contributed by atoms with E-state index in [1.54, 1.807) is 12.1 Å². The third-order valence-electron chi connectivity index (χ3n) is 3.34. The SMILES string of the molecule is COc1ccc(C(=O)Nc2ccccc2C)c(OC)c1OC. The zero-order valence-corrected chi connectivity index (χ0v) is 13.1. The van der Waals surface area contributed by atoms with Gasteiger partial charge in [-0.1, -0.05) is 18.2 Å². The molecular weight excluding hydrogens is 282 g/mol. The molecule has 0 bridgehead atoms. The molecule has 0 saturated carbocycles. The Bertz CT molecular complexity index is 682. The van der Waals surface area contributed by atoms with Crippen LogP contribution >= 0.6 is 0 Å². The van der Waals surface area contributed by atoms with Gasteiger partial charge < -0.3 is 19.5 Å². The molecule has 0 radical (unpaired) electrons. The largest absolute Gasteiger partial charge is 0.493 e. The second-order valence-electron chi connectivity index (χ2n) is 4.65. The van der Waals surface area contributed by atoms with Crippen LogP contribution in [0.5, 0.6) is 17.2 Å². The maximum atomic E-state index is 12.5. The van der Waals surface area contributed by atoms with E-state index >= 15 is 0 Å². The predicted molar refractivity (Wildman–Crippen MR) is 85.2 cm³/mol. The lowest BCUT2D eigenvalue weighted by atomic mass is 10.1. The summed E-state index contributed by atoms with van der Waals surface area (Å²) in [6, 6.07) is 10.9. The molecule has 116 valence electrons. The number of amides is 1. The molecule has 0 fully saturated rings. The summed E-state index contributed by atoms with van der Waals surface area (Å²) in [5.74, 6) is 0.967. The van der Waals surface area contributed by atoms with Crippen molar-refractivity contribution in [1.82, 2.24) is 0 Å². The quantitative estimate of drug-likeness (QED) is 0.921. The number of carbonyl (C=O) groups is 1. The first kappa shape index (κ1) is 15.7. The monoisotopic (exact) mass is 301 g/mol. The summed E-state index contributed by atoms with van der Waals surface area (Å²) in [6.45, 7) is 1.93. The molecule has 0 heterocycles. The van der Waals surface area contributed by atoms with E-state index in [2.05, 4.69) is 5.32 Å². The van der Waals surface area contributed by atoms with Crippen LogP contribution in [0.4, 0.5) is 5.69 Å². The standard InChI is InChI=1S/C17H19NO4/c1-11-7-5-6-8-13(11)18-17(19)12-9-10-14(20-2)16(22-4)15(12)21-3/h5-10H,1-4H3,(H,18,19). The van der Waals surface area contributed by atoms with Crippen LogP contribution in [-0.2, 0) is 0 Å². The van der Waals surface area contributed by atoms with Gasteiger partial charge in [0.2, 0.25) is 5.75 Å². The van der Waals surface area contributed by atoms with E-state index in [4.69, 9.17) is 14.2 Å². The summed E-state index contributed by atoms with van der Waals surface area (Å²) in [7, 11) is 4.52. The summed E-state index contributed by atoms with van der Waals surface area (Å²) >= 11 is 0. The summed E-state index contributed by atoms with van der Waals surface area (Å²) < 4.78 is 15.8. The average molecular weight is 301 g/mol. The summed E-state index contributed by atoms with van der Waals surface area (Å²) in [4.78, 5) is 12.5. The first-order valence-electron chi connectivity index (χ1n) is 6.78. The van der Waals surface area contributed by atoms with Gasteiger partial charge in [0, 0.05) is 5.69 Å². The first-order valence-corrected chi connectivity index (χ1v) is 6.78. The van der Waals surface area contributed by atoms with Gasteiger partial charge in [-0.05, 0) is 30.7 Å². The molecule has 0 aliphatic heterocycles. The Hall–Kier alpha value is -2.69. The Morgan fingerprint density at radius 2 is 1.59 bits per heavy atom. The molecule has 0 aromatic heterocycles. The van der Waals surface area contributed by atoms with Crippen LogP contribution in [0.1, 0.15) is 15.9 Å². The van der Waals surface area contributed by atoms with Crippen molar-refractivity contribution in [3.05, 3.63) is 47.5 Å². The molecule has 5 heteroatoms. The van der Waals surface area contributed by atoms with Gasteiger partial charge in [-0.15, -0.1) is 0 Å². The van der Waals surface area contributed by atoms with Crippen molar-refractivity contribution < 1.29 is 19.0 Å². The van der Waals surface area contributed by atoms with Crippen LogP contribution in [0.2, 0.25) is 0 Å². The van der Waals surface area contributed by atoms with Crippen molar-refractivity contribution in [3.63, 3.8) is 0 Å². The van der Waals surface area contributed by atoms with Crippen molar-refractivity contribution in [1.29, 1.82) is 0 Å². The third kappa shape index (κ3) is 2.98. The Labute approximate surface area is 129 Å². The molecule has 0 atom stereocenters. The van der Waals surface area contributed by atoms with E-state index in [1.807, 2.05) is 31.2 Å². The average Bonchev–Trinajstić information content (AvgIpc) is 2.55. The van der Waals surface area contributed by atoms with E-state index in [1.165, 1.54) is 21.3 Å². The smallest absolute Gasteiger partial charge is 0.259 e. The molecule has 0 saturated heterocycles. The van der Waals surface area contributed by atoms with Crippen molar-refractivity contribution >= 4 is 11.6 Å². The van der Waals surface area contributed by atoms with E-state index in [0.717, 1.165) is 11.3 Å². The zero-order chi connectivity index (χ0) is 16.1. The number of nitrogens with one attached hydrogen (secondary N) is 1. The molecular formula is C17H19NO4. The minimum absolute atomic E-state index is 0.271. The highest BCUT2D eigenvalue weighted by Gasteiger charge is 2.20. The lowest BCUT2D eigenvalue weighted by Gasteiger charge is -2.16. The molecule has 0 aliphatic carbocycles. The van der Waals surface area contributed by atoms with Crippen LogP contribution in [0.3, 0.4) is 0 Å². The van der Waals surface area contributed by atoms with Gasteiger partial charge >= 0.3 is 0 Å². The number of rotatable bonds is 5. The van der Waals surface area contributed by atoms with Gasteiger partial charge in [-0.3, -0.25) is 4.79 Å². The van der Waals surface area contributed by atoms with Crippen molar-refractivity contribution in [2.75, 3.05) is 26.6 Å².